The van der Waals surface area contributed by atoms with E-state index < -0.39 is 5.97 Å². The van der Waals surface area contributed by atoms with E-state index in [4.69, 9.17) is 9.47 Å². The highest BCUT2D eigenvalue weighted by molar-refractivity contribution is 5.99. The molecule has 5 aliphatic heterocycles. The number of rotatable bonds is 2. The van der Waals surface area contributed by atoms with Gasteiger partial charge in [-0.1, -0.05) is 35.5 Å². The number of nitrogens with zero attached hydrogens (tertiary/aromatic N) is 4. The number of carboxylic acid groups (broad SMARTS) is 1. The molecule has 9 heteroatoms. The Labute approximate surface area is 226 Å². The molecule has 4 aromatic rings. The molecule has 1 fully saturated rings. The van der Waals surface area contributed by atoms with Crippen molar-refractivity contribution in [2.45, 2.75) is 44.8 Å². The number of piperidine rings is 1. The summed E-state index contributed by atoms with van der Waals surface area (Å²) in [4.78, 5) is 27.2. The third-order valence-corrected chi connectivity index (χ3v) is 8.01. The lowest BCUT2D eigenvalue weighted by Gasteiger charge is -2.32. The van der Waals surface area contributed by atoms with Gasteiger partial charge in [0.1, 0.15) is 5.52 Å². The van der Waals surface area contributed by atoms with Crippen LogP contribution in [0.4, 0.5) is 0 Å². The summed E-state index contributed by atoms with van der Waals surface area (Å²) in [7, 11) is 0. The predicted octanol–water partition coefficient (Wildman–Crippen LogP) is 4.15. The number of ether oxygens (including phenoxy) is 2. The van der Waals surface area contributed by atoms with Crippen molar-refractivity contribution in [3.05, 3.63) is 70.8 Å². The Morgan fingerprint density at radius 3 is 2.64 bits per heavy atom. The first-order chi connectivity index (χ1) is 19.0. The summed E-state index contributed by atoms with van der Waals surface area (Å²) < 4.78 is 13.6. The fraction of sp³-hybridized carbons (Fsp3) is 0.400. The Morgan fingerprint density at radius 1 is 1.00 bits per heavy atom. The summed E-state index contributed by atoms with van der Waals surface area (Å²) in [6.45, 7) is 5.32. The highest BCUT2D eigenvalue weighted by Crippen LogP contribution is 2.35. The van der Waals surface area contributed by atoms with Crippen molar-refractivity contribution >= 4 is 33.7 Å². The van der Waals surface area contributed by atoms with Crippen molar-refractivity contribution in [3.8, 4) is 0 Å². The fourth-order valence-corrected chi connectivity index (χ4v) is 5.86. The smallest absolute Gasteiger partial charge is 0.304 e. The molecule has 0 aliphatic carbocycles. The van der Waals surface area contributed by atoms with Crippen molar-refractivity contribution in [3.63, 3.8) is 0 Å². The van der Waals surface area contributed by atoms with Gasteiger partial charge in [0.05, 0.1) is 44.4 Å². The van der Waals surface area contributed by atoms with E-state index in [0.717, 1.165) is 51.3 Å². The maximum Gasteiger partial charge on any atom is 0.304 e. The maximum atomic E-state index is 13.4. The van der Waals surface area contributed by atoms with Crippen molar-refractivity contribution in [2.24, 2.45) is 0 Å². The van der Waals surface area contributed by atoms with E-state index in [1.807, 2.05) is 65.0 Å². The first-order valence-electron chi connectivity index (χ1n) is 13.5. The molecule has 1 atom stereocenters. The fourth-order valence-electron chi connectivity index (χ4n) is 5.86. The molecule has 1 N–H and O–H groups in total. The van der Waals surface area contributed by atoms with E-state index in [9.17, 15) is 14.7 Å². The van der Waals surface area contributed by atoms with Crippen LogP contribution < -0.4 is 0 Å². The van der Waals surface area contributed by atoms with Crippen LogP contribution in [0, 0.1) is 6.92 Å². The largest absolute Gasteiger partial charge is 0.481 e. The molecular weight excluding hydrogens is 496 g/mol. The summed E-state index contributed by atoms with van der Waals surface area (Å²) in [5, 5.41) is 20.5. The van der Waals surface area contributed by atoms with Gasteiger partial charge in [0.2, 0.25) is 0 Å². The molecule has 9 bridgehead atoms. The Kier molecular flexibility index (Phi) is 7.01. The molecule has 1 aromatic heterocycles. The van der Waals surface area contributed by atoms with E-state index >= 15 is 0 Å². The lowest BCUT2D eigenvalue weighted by Crippen LogP contribution is -2.41. The molecule has 202 valence electrons. The van der Waals surface area contributed by atoms with Crippen molar-refractivity contribution < 1.29 is 24.2 Å². The van der Waals surface area contributed by atoms with Crippen LogP contribution in [0.1, 0.15) is 52.2 Å². The maximum absolute atomic E-state index is 13.4. The summed E-state index contributed by atoms with van der Waals surface area (Å²) in [5.41, 5.74) is 4.99. The molecule has 0 unspecified atom stereocenters. The minimum atomic E-state index is -0.877. The number of aromatic nitrogens is 3. The first-order valence-corrected chi connectivity index (χ1v) is 13.5. The number of carbonyl (C=O) groups is 2. The number of aryl methyl sites for hydroxylation is 1. The van der Waals surface area contributed by atoms with Crippen LogP contribution >= 0.6 is 0 Å². The molecule has 9 nitrogen and oxygen atoms in total. The van der Waals surface area contributed by atoms with Crippen LogP contribution in [0.15, 0.2) is 48.5 Å². The molecule has 6 heterocycles. The van der Waals surface area contributed by atoms with Crippen LogP contribution in [0.3, 0.4) is 0 Å². The van der Waals surface area contributed by atoms with Gasteiger partial charge in [-0.3, -0.25) is 9.59 Å². The second kappa shape index (κ2) is 10.7. The number of carbonyl (C=O) groups excluding carboxylic acids is 1. The van der Waals surface area contributed by atoms with Crippen molar-refractivity contribution in [1.29, 1.82) is 0 Å². The topological polar surface area (TPSA) is 107 Å². The highest BCUT2D eigenvalue weighted by atomic mass is 16.5. The Morgan fingerprint density at radius 2 is 1.82 bits per heavy atom. The van der Waals surface area contributed by atoms with Gasteiger partial charge in [-0.05, 0) is 65.4 Å². The molecule has 5 aliphatic rings. The number of amides is 1. The van der Waals surface area contributed by atoms with E-state index in [2.05, 4.69) is 10.3 Å². The summed E-state index contributed by atoms with van der Waals surface area (Å²) in [5.74, 6) is -1.24. The molecule has 0 spiro atoms. The molecule has 1 amide bonds. The molecule has 0 saturated carbocycles. The molecular formula is C30H32N4O5. The van der Waals surface area contributed by atoms with Gasteiger partial charge in [0.25, 0.3) is 5.91 Å². The van der Waals surface area contributed by atoms with E-state index in [1.165, 1.54) is 0 Å². The van der Waals surface area contributed by atoms with Crippen molar-refractivity contribution in [2.75, 3.05) is 32.9 Å². The summed E-state index contributed by atoms with van der Waals surface area (Å²) >= 11 is 0. The minimum Gasteiger partial charge on any atom is -0.481 e. The van der Waals surface area contributed by atoms with Gasteiger partial charge in [-0.15, -0.1) is 5.10 Å². The lowest BCUT2D eigenvalue weighted by molar-refractivity contribution is -0.137. The Bertz CT molecular complexity index is 1540. The summed E-state index contributed by atoms with van der Waals surface area (Å²) in [6, 6.07) is 15.7. The Hall–Kier alpha value is -3.82. The Balaban J connectivity index is 1.43. The second-order valence-corrected chi connectivity index (χ2v) is 10.4. The average molecular weight is 529 g/mol. The van der Waals surface area contributed by atoms with E-state index in [1.54, 1.807) is 0 Å². The number of hydrogen-bond acceptors (Lipinski definition) is 6. The van der Waals surface area contributed by atoms with Crippen LogP contribution in [0.25, 0.3) is 21.8 Å². The van der Waals surface area contributed by atoms with E-state index in [-0.39, 0.29) is 24.3 Å². The number of hydrogen-bond donors (Lipinski definition) is 1. The van der Waals surface area contributed by atoms with Gasteiger partial charge in [-0.2, -0.15) is 0 Å². The summed E-state index contributed by atoms with van der Waals surface area (Å²) in [6.07, 6.45) is 1.66. The molecule has 1 saturated heterocycles. The van der Waals surface area contributed by atoms with Gasteiger partial charge in [0.15, 0.2) is 0 Å². The second-order valence-electron chi connectivity index (χ2n) is 10.4. The quantitative estimate of drug-likeness (QED) is 0.417. The van der Waals surface area contributed by atoms with Gasteiger partial charge in [-0.25, -0.2) is 4.68 Å². The monoisotopic (exact) mass is 528 g/mol. The zero-order chi connectivity index (χ0) is 26.9. The molecule has 39 heavy (non-hydrogen) atoms. The van der Waals surface area contributed by atoms with Gasteiger partial charge in [0, 0.05) is 24.6 Å². The standard InChI is InChI=1S/C30H32N4O5/c1-19-25-6-7-27-29(19)31-32-34(27)12-13-38-14-15-39-24-8-10-33(11-9-24)30(37)22-5-3-20-2-4-21(16-23(20)17-22)26(25)18-28(35)36/h2-7,16-17,24,26H,8-15,18H2,1H3,(H,35,36)/t26-/m1/s1. The van der Waals surface area contributed by atoms with Gasteiger partial charge >= 0.3 is 5.97 Å². The molecule has 9 rings (SSSR count). The number of carboxylic acids is 1. The minimum absolute atomic E-state index is 0.0118. The van der Waals surface area contributed by atoms with Crippen LogP contribution in [-0.2, 0) is 20.8 Å². The average Bonchev–Trinajstić information content (AvgIpc) is 3.36. The number of benzene rings is 3. The van der Waals surface area contributed by atoms with Gasteiger partial charge < -0.3 is 19.5 Å². The highest BCUT2D eigenvalue weighted by Gasteiger charge is 2.25. The zero-order valence-electron chi connectivity index (χ0n) is 22.0. The van der Waals surface area contributed by atoms with Crippen LogP contribution in [0.2, 0.25) is 0 Å². The van der Waals surface area contributed by atoms with Crippen LogP contribution in [0.5, 0.6) is 0 Å². The van der Waals surface area contributed by atoms with E-state index in [0.29, 0.717) is 45.0 Å². The first kappa shape index (κ1) is 25.5. The van der Waals surface area contributed by atoms with Crippen LogP contribution in [-0.4, -0.2) is 75.9 Å². The van der Waals surface area contributed by atoms with Crippen molar-refractivity contribution in [1.82, 2.24) is 19.9 Å². The number of aliphatic carboxylic acids is 1. The third-order valence-electron chi connectivity index (χ3n) is 8.01. The normalized spacial score (nSPS) is 20.7. The SMILES string of the molecule is Cc1c2ccc3c1nnn3CCOCCOC1CCN(CC1)C(=O)c1ccc3ccc(cc3c1)[C@H]2CC(=O)O. The predicted molar refractivity (Wildman–Crippen MR) is 146 cm³/mol. The lowest BCUT2D eigenvalue weighted by atomic mass is 9.84. The zero-order valence-corrected chi connectivity index (χ0v) is 22.0. The molecule has 3 aromatic carbocycles. The third kappa shape index (κ3) is 5.12. The molecule has 0 radical (unpaired) electrons.